The number of anilines is 1. The van der Waals surface area contributed by atoms with Gasteiger partial charge in [0.05, 0.1) is 6.61 Å². The first-order chi connectivity index (χ1) is 12.4. The summed E-state index contributed by atoms with van der Waals surface area (Å²) in [7, 11) is 0. The van der Waals surface area contributed by atoms with Crippen molar-refractivity contribution < 1.29 is 14.3 Å². The van der Waals surface area contributed by atoms with Gasteiger partial charge in [0.25, 0.3) is 5.91 Å². The third-order valence-electron chi connectivity index (χ3n) is 4.18. The van der Waals surface area contributed by atoms with E-state index in [-0.39, 0.29) is 12.0 Å². The van der Waals surface area contributed by atoms with Crippen molar-refractivity contribution in [2.45, 2.75) is 34.1 Å². The van der Waals surface area contributed by atoms with E-state index in [9.17, 15) is 9.59 Å². The van der Waals surface area contributed by atoms with Gasteiger partial charge >= 0.3 is 6.09 Å². The third kappa shape index (κ3) is 5.57. The fourth-order valence-electron chi connectivity index (χ4n) is 2.73. The van der Waals surface area contributed by atoms with Gasteiger partial charge < -0.3 is 19.9 Å². The maximum absolute atomic E-state index is 12.8. The molecule has 0 saturated carbocycles. The van der Waals surface area contributed by atoms with Gasteiger partial charge in [-0.3, -0.25) is 4.79 Å². The standard InChI is InChI=1S/C18H29N5O3/c1-5-26-18(25)23-10-8-22(9-11-23)17(24)15-12-16(21-14(4)20-15)19-7-6-13(2)3/h12-13H,5-11H2,1-4H3,(H,19,20,21). The SMILES string of the molecule is CCOC(=O)N1CCN(C(=O)c2cc(NCCC(C)C)nc(C)n2)CC1. The molecule has 0 atom stereocenters. The molecule has 0 aliphatic carbocycles. The van der Waals surface area contributed by atoms with Crippen LogP contribution in [-0.4, -0.2) is 71.1 Å². The molecule has 2 heterocycles. The Kier molecular flexibility index (Phi) is 7.17. The minimum Gasteiger partial charge on any atom is -0.450 e. The molecule has 1 aromatic rings. The zero-order chi connectivity index (χ0) is 19.1. The summed E-state index contributed by atoms with van der Waals surface area (Å²) >= 11 is 0. The van der Waals surface area contributed by atoms with Crippen LogP contribution in [0.4, 0.5) is 10.6 Å². The molecule has 26 heavy (non-hydrogen) atoms. The highest BCUT2D eigenvalue weighted by Crippen LogP contribution is 2.12. The average molecular weight is 363 g/mol. The number of piperazine rings is 1. The third-order valence-corrected chi connectivity index (χ3v) is 4.18. The molecule has 0 aromatic carbocycles. The van der Waals surface area contributed by atoms with Crippen LogP contribution < -0.4 is 5.32 Å². The van der Waals surface area contributed by atoms with E-state index in [0.29, 0.717) is 56.0 Å². The highest BCUT2D eigenvalue weighted by molar-refractivity contribution is 5.93. The Bertz CT molecular complexity index is 627. The molecule has 8 nitrogen and oxygen atoms in total. The van der Waals surface area contributed by atoms with Crippen molar-refractivity contribution in [3.8, 4) is 0 Å². The van der Waals surface area contributed by atoms with Gasteiger partial charge in [-0.25, -0.2) is 14.8 Å². The molecular formula is C18H29N5O3. The summed E-state index contributed by atoms with van der Waals surface area (Å²) in [5.74, 6) is 1.70. The first kappa shape index (κ1) is 19.9. The average Bonchev–Trinajstić information content (AvgIpc) is 2.60. The van der Waals surface area contributed by atoms with Gasteiger partial charge in [0.2, 0.25) is 0 Å². The van der Waals surface area contributed by atoms with Crippen molar-refractivity contribution in [1.82, 2.24) is 19.8 Å². The number of carbonyl (C=O) groups is 2. The van der Waals surface area contributed by atoms with E-state index >= 15 is 0 Å². The summed E-state index contributed by atoms with van der Waals surface area (Å²) in [4.78, 5) is 36.5. The van der Waals surface area contributed by atoms with Crippen LogP contribution in [-0.2, 0) is 4.74 Å². The Morgan fingerprint density at radius 3 is 2.46 bits per heavy atom. The van der Waals surface area contributed by atoms with Gasteiger partial charge in [-0.2, -0.15) is 0 Å². The summed E-state index contributed by atoms with van der Waals surface area (Å²) in [5.41, 5.74) is 0.383. The molecule has 1 fully saturated rings. The van der Waals surface area contributed by atoms with Crippen molar-refractivity contribution in [2.24, 2.45) is 5.92 Å². The number of carbonyl (C=O) groups excluding carboxylic acids is 2. The van der Waals surface area contributed by atoms with E-state index in [1.807, 2.05) is 0 Å². The van der Waals surface area contributed by atoms with E-state index in [4.69, 9.17) is 4.74 Å². The number of hydrogen-bond donors (Lipinski definition) is 1. The predicted octanol–water partition coefficient (Wildman–Crippen LogP) is 2.16. The zero-order valence-corrected chi connectivity index (χ0v) is 16.1. The maximum atomic E-state index is 12.8. The number of rotatable bonds is 6. The van der Waals surface area contributed by atoms with Crippen molar-refractivity contribution in [1.29, 1.82) is 0 Å². The zero-order valence-electron chi connectivity index (χ0n) is 16.1. The first-order valence-electron chi connectivity index (χ1n) is 9.21. The van der Waals surface area contributed by atoms with Crippen LogP contribution in [0.5, 0.6) is 0 Å². The maximum Gasteiger partial charge on any atom is 0.409 e. The van der Waals surface area contributed by atoms with Crippen LogP contribution >= 0.6 is 0 Å². The lowest BCUT2D eigenvalue weighted by Crippen LogP contribution is -2.50. The first-order valence-corrected chi connectivity index (χ1v) is 9.21. The molecule has 1 aromatic heterocycles. The van der Waals surface area contributed by atoms with E-state index in [1.165, 1.54) is 0 Å². The molecule has 2 rings (SSSR count). The number of amides is 2. The second kappa shape index (κ2) is 9.35. The lowest BCUT2D eigenvalue weighted by molar-refractivity contribution is 0.0565. The molecule has 1 saturated heterocycles. The van der Waals surface area contributed by atoms with Crippen LogP contribution in [0, 0.1) is 12.8 Å². The summed E-state index contributed by atoms with van der Waals surface area (Å²) in [5, 5.41) is 3.26. The normalized spacial score (nSPS) is 14.5. The summed E-state index contributed by atoms with van der Waals surface area (Å²) in [6.07, 6.45) is 0.705. The second-order valence-electron chi connectivity index (χ2n) is 6.77. The van der Waals surface area contributed by atoms with E-state index < -0.39 is 0 Å². The Morgan fingerprint density at radius 2 is 1.85 bits per heavy atom. The summed E-state index contributed by atoms with van der Waals surface area (Å²) < 4.78 is 5.00. The highest BCUT2D eigenvalue weighted by Gasteiger charge is 2.26. The Morgan fingerprint density at radius 1 is 1.19 bits per heavy atom. The van der Waals surface area contributed by atoms with Crippen LogP contribution in [0.2, 0.25) is 0 Å². The van der Waals surface area contributed by atoms with E-state index in [0.717, 1.165) is 13.0 Å². The Labute approximate surface area is 154 Å². The van der Waals surface area contributed by atoms with Gasteiger partial charge in [-0.05, 0) is 26.2 Å². The van der Waals surface area contributed by atoms with Crippen LogP contribution in [0.3, 0.4) is 0 Å². The Hall–Kier alpha value is -2.38. The number of ether oxygens (including phenoxy) is 1. The smallest absolute Gasteiger partial charge is 0.409 e. The second-order valence-corrected chi connectivity index (χ2v) is 6.77. The van der Waals surface area contributed by atoms with Gasteiger partial charge in [-0.15, -0.1) is 0 Å². The number of nitrogens with one attached hydrogen (secondary N) is 1. The lowest BCUT2D eigenvalue weighted by atomic mass is 10.1. The largest absolute Gasteiger partial charge is 0.450 e. The topological polar surface area (TPSA) is 87.7 Å². The minimum absolute atomic E-state index is 0.133. The fourth-order valence-corrected chi connectivity index (χ4v) is 2.73. The number of nitrogens with zero attached hydrogens (tertiary/aromatic N) is 4. The fraction of sp³-hybridized carbons (Fsp3) is 0.667. The van der Waals surface area contributed by atoms with Crippen LogP contribution in [0.15, 0.2) is 6.07 Å². The quantitative estimate of drug-likeness (QED) is 0.833. The van der Waals surface area contributed by atoms with Gasteiger partial charge in [-0.1, -0.05) is 13.8 Å². The van der Waals surface area contributed by atoms with E-state index in [2.05, 4.69) is 29.1 Å². The van der Waals surface area contributed by atoms with Crippen molar-refractivity contribution in [3.05, 3.63) is 17.6 Å². The van der Waals surface area contributed by atoms with E-state index in [1.54, 1.807) is 29.7 Å². The summed E-state index contributed by atoms with van der Waals surface area (Å²) in [6, 6.07) is 1.70. The van der Waals surface area contributed by atoms with Gasteiger partial charge in [0.15, 0.2) is 0 Å². The number of hydrogen-bond acceptors (Lipinski definition) is 6. The molecule has 0 bridgehead atoms. The molecule has 0 spiro atoms. The Balaban J connectivity index is 1.97. The summed E-state index contributed by atoms with van der Waals surface area (Å²) in [6.45, 7) is 10.9. The molecule has 144 valence electrons. The highest BCUT2D eigenvalue weighted by atomic mass is 16.6. The molecule has 8 heteroatoms. The monoisotopic (exact) mass is 363 g/mol. The number of aromatic nitrogens is 2. The van der Waals surface area contributed by atoms with Gasteiger partial charge in [0.1, 0.15) is 17.3 Å². The molecule has 0 unspecified atom stereocenters. The predicted molar refractivity (Wildman–Crippen MR) is 99.2 cm³/mol. The lowest BCUT2D eigenvalue weighted by Gasteiger charge is -2.33. The number of aryl methyl sites for hydroxylation is 1. The molecule has 1 aliphatic rings. The van der Waals surface area contributed by atoms with Gasteiger partial charge in [0, 0.05) is 38.8 Å². The molecule has 1 aliphatic heterocycles. The van der Waals surface area contributed by atoms with Crippen LogP contribution in [0.25, 0.3) is 0 Å². The molecule has 2 amide bonds. The molecular weight excluding hydrogens is 334 g/mol. The van der Waals surface area contributed by atoms with Crippen LogP contribution in [0.1, 0.15) is 43.5 Å². The minimum atomic E-state index is -0.325. The molecule has 0 radical (unpaired) electrons. The molecule has 1 N–H and O–H groups in total. The van der Waals surface area contributed by atoms with Crippen molar-refractivity contribution in [2.75, 3.05) is 44.6 Å². The van der Waals surface area contributed by atoms with Crippen molar-refractivity contribution in [3.63, 3.8) is 0 Å². The van der Waals surface area contributed by atoms with Crippen molar-refractivity contribution >= 4 is 17.8 Å².